The molecule has 31 heavy (non-hydrogen) atoms. The first-order valence-electron chi connectivity index (χ1n) is 10.9. The van der Waals surface area contributed by atoms with E-state index in [9.17, 15) is 18.6 Å². The fourth-order valence-electron chi connectivity index (χ4n) is 3.83. The van der Waals surface area contributed by atoms with Crippen LogP contribution in [-0.2, 0) is 10.0 Å². The van der Waals surface area contributed by atoms with Gasteiger partial charge in [0.05, 0.1) is 6.61 Å². The van der Waals surface area contributed by atoms with E-state index >= 15 is 0 Å². The first-order valence-corrected chi connectivity index (χ1v) is 12.4. The van der Waals surface area contributed by atoms with E-state index in [1.54, 1.807) is 26.0 Å². The number of rotatable bonds is 6. The molecule has 0 radical (unpaired) electrons. The van der Waals surface area contributed by atoms with Crippen LogP contribution in [0.5, 0.6) is 5.75 Å². The summed E-state index contributed by atoms with van der Waals surface area (Å²) in [6.45, 7) is 6.98. The van der Waals surface area contributed by atoms with Crippen molar-refractivity contribution in [2.75, 3.05) is 33.3 Å². The molecule has 3 rings (SSSR count). The Morgan fingerprint density at radius 1 is 1.29 bits per heavy atom. The van der Waals surface area contributed by atoms with Crippen molar-refractivity contribution in [3.63, 3.8) is 0 Å². The quantitative estimate of drug-likeness (QED) is 0.639. The highest BCUT2D eigenvalue weighted by molar-refractivity contribution is 7.89. The lowest BCUT2D eigenvalue weighted by Gasteiger charge is -2.37. The number of benzene rings is 1. The summed E-state index contributed by atoms with van der Waals surface area (Å²) in [6, 6.07) is 4.22. The number of hydrogen-bond acceptors (Lipinski definition) is 6. The van der Waals surface area contributed by atoms with Gasteiger partial charge in [0.15, 0.2) is 0 Å². The molecule has 1 fully saturated rings. The molecule has 1 heterocycles. The number of aliphatic hydroxyl groups is 2. The number of nitrogens with zero attached hydrogens (tertiary/aromatic N) is 2. The normalized spacial score (nSPS) is 25.4. The van der Waals surface area contributed by atoms with Crippen molar-refractivity contribution >= 4 is 10.0 Å². The molecule has 0 unspecified atom stereocenters. The zero-order valence-electron chi connectivity index (χ0n) is 18.8. The van der Waals surface area contributed by atoms with E-state index in [0.29, 0.717) is 12.1 Å². The summed E-state index contributed by atoms with van der Waals surface area (Å²) < 4.78 is 34.6. The number of sulfonamides is 1. The van der Waals surface area contributed by atoms with Crippen LogP contribution in [0.15, 0.2) is 23.1 Å². The van der Waals surface area contributed by atoms with Crippen molar-refractivity contribution in [2.24, 2.45) is 11.8 Å². The van der Waals surface area contributed by atoms with Gasteiger partial charge in [-0.1, -0.05) is 18.8 Å². The Kier molecular flexibility index (Phi) is 7.66. The van der Waals surface area contributed by atoms with Gasteiger partial charge >= 0.3 is 0 Å². The van der Waals surface area contributed by atoms with E-state index in [4.69, 9.17) is 4.74 Å². The van der Waals surface area contributed by atoms with Crippen molar-refractivity contribution in [3.05, 3.63) is 23.8 Å². The lowest BCUT2D eigenvalue weighted by molar-refractivity contribution is 0.0740. The third-order valence-electron chi connectivity index (χ3n) is 5.85. The van der Waals surface area contributed by atoms with Gasteiger partial charge in [-0.05, 0) is 57.9 Å². The third-order valence-corrected chi connectivity index (χ3v) is 7.87. The van der Waals surface area contributed by atoms with Crippen LogP contribution in [0, 0.1) is 23.7 Å². The molecule has 2 aliphatic rings. The van der Waals surface area contributed by atoms with Gasteiger partial charge < -0.3 is 19.8 Å². The van der Waals surface area contributed by atoms with Crippen LogP contribution >= 0.6 is 0 Å². The largest absolute Gasteiger partial charge is 0.487 e. The van der Waals surface area contributed by atoms with Crippen molar-refractivity contribution in [1.29, 1.82) is 0 Å². The highest BCUT2D eigenvalue weighted by Gasteiger charge is 2.38. The molecule has 2 N–H and O–H groups in total. The average molecular weight is 451 g/mol. The molecule has 0 aromatic heterocycles. The monoisotopic (exact) mass is 450 g/mol. The maximum absolute atomic E-state index is 13.4. The Labute approximate surface area is 186 Å². The van der Waals surface area contributed by atoms with Crippen molar-refractivity contribution in [3.8, 4) is 17.6 Å². The molecule has 0 bridgehead atoms. The number of fused-ring (bicyclic) bond motifs is 1. The Hall–Kier alpha value is -1.63. The van der Waals surface area contributed by atoms with E-state index in [-0.39, 0.29) is 35.8 Å². The first kappa shape index (κ1) is 24.0. The summed E-state index contributed by atoms with van der Waals surface area (Å²) in [5.74, 6) is 6.48. The lowest BCUT2D eigenvalue weighted by Crippen LogP contribution is -2.49. The van der Waals surface area contributed by atoms with E-state index in [1.165, 1.54) is 23.2 Å². The van der Waals surface area contributed by atoms with Crippen molar-refractivity contribution in [2.45, 2.75) is 56.8 Å². The predicted octanol–water partition coefficient (Wildman–Crippen LogP) is 1.53. The molecule has 0 spiro atoms. The Balaban J connectivity index is 2.00. The molecule has 172 valence electrons. The molecule has 8 heteroatoms. The molecule has 0 amide bonds. The summed E-state index contributed by atoms with van der Waals surface area (Å²) in [6.07, 6.45) is 1.53. The number of aliphatic hydroxyl groups excluding tert-OH is 2. The van der Waals surface area contributed by atoms with E-state index < -0.39 is 22.2 Å². The van der Waals surface area contributed by atoms with Gasteiger partial charge in [0.2, 0.25) is 10.0 Å². The fourth-order valence-corrected chi connectivity index (χ4v) is 5.66. The summed E-state index contributed by atoms with van der Waals surface area (Å²) in [5.41, 5.74) is 0.579. The number of ether oxygens (including phenoxy) is 1. The topological polar surface area (TPSA) is 90.3 Å². The van der Waals surface area contributed by atoms with E-state index in [2.05, 4.69) is 23.8 Å². The average Bonchev–Trinajstić information content (AvgIpc) is 3.52. The second kappa shape index (κ2) is 9.88. The van der Waals surface area contributed by atoms with Crippen LogP contribution < -0.4 is 4.74 Å². The fraction of sp³-hybridized carbons (Fsp3) is 0.652. The van der Waals surface area contributed by atoms with Crippen LogP contribution in [0.25, 0.3) is 0 Å². The molecule has 1 aliphatic carbocycles. The van der Waals surface area contributed by atoms with Crippen molar-refractivity contribution in [1.82, 2.24) is 9.21 Å². The van der Waals surface area contributed by atoms with Gasteiger partial charge in [-0.25, -0.2) is 8.42 Å². The first-order chi connectivity index (χ1) is 14.6. The Bertz CT molecular complexity index is 933. The van der Waals surface area contributed by atoms with E-state index in [0.717, 1.165) is 12.5 Å². The highest BCUT2D eigenvalue weighted by atomic mass is 32.2. The van der Waals surface area contributed by atoms with Crippen LogP contribution in [0.4, 0.5) is 0 Å². The zero-order chi connectivity index (χ0) is 22.8. The molecular formula is C23H34N2O5S. The maximum Gasteiger partial charge on any atom is 0.247 e. The van der Waals surface area contributed by atoms with E-state index in [1.807, 2.05) is 6.92 Å². The molecule has 1 saturated carbocycles. The van der Waals surface area contributed by atoms with Gasteiger partial charge in [0.25, 0.3) is 0 Å². The van der Waals surface area contributed by atoms with Crippen LogP contribution in [0.1, 0.15) is 39.2 Å². The van der Waals surface area contributed by atoms with Gasteiger partial charge in [-0.15, -0.1) is 0 Å². The number of hydrogen-bond donors (Lipinski definition) is 2. The van der Waals surface area contributed by atoms with Gasteiger partial charge in [-0.3, -0.25) is 0 Å². The second-order valence-electron chi connectivity index (χ2n) is 9.01. The van der Waals surface area contributed by atoms with Crippen molar-refractivity contribution < 1.29 is 23.4 Å². The molecule has 1 aliphatic heterocycles. The standard InChI is InChI=1S/C23H34N2O5S/c1-16-12-25(17(2)15-26)31(28,29)23-10-9-19(6-5-18(3)27)11-21(23)30-22(16)14-24(4)13-20-7-8-20/h9-11,16-18,20,22,26-27H,7-8,12-15H2,1-4H3/t16-,17+,18-,22-/m1/s1. The van der Waals surface area contributed by atoms with Gasteiger partial charge in [0.1, 0.15) is 22.9 Å². The summed E-state index contributed by atoms with van der Waals surface area (Å²) in [7, 11) is -1.79. The molecular weight excluding hydrogens is 416 g/mol. The van der Waals surface area contributed by atoms with Crippen LogP contribution in [0.3, 0.4) is 0 Å². The van der Waals surface area contributed by atoms with Gasteiger partial charge in [-0.2, -0.15) is 4.31 Å². The molecule has 1 aromatic carbocycles. The van der Waals surface area contributed by atoms with Crippen LogP contribution in [0.2, 0.25) is 0 Å². The minimum atomic E-state index is -3.86. The summed E-state index contributed by atoms with van der Waals surface area (Å²) in [4.78, 5) is 2.34. The Morgan fingerprint density at radius 2 is 2.00 bits per heavy atom. The highest BCUT2D eigenvalue weighted by Crippen LogP contribution is 2.35. The molecule has 7 nitrogen and oxygen atoms in total. The molecule has 1 aromatic rings. The maximum atomic E-state index is 13.4. The Morgan fingerprint density at radius 3 is 2.61 bits per heavy atom. The summed E-state index contributed by atoms with van der Waals surface area (Å²) in [5, 5.41) is 19.2. The smallest absolute Gasteiger partial charge is 0.247 e. The third kappa shape index (κ3) is 5.99. The zero-order valence-corrected chi connectivity index (χ0v) is 19.6. The van der Waals surface area contributed by atoms with Gasteiger partial charge in [0, 0.05) is 37.2 Å². The minimum Gasteiger partial charge on any atom is -0.487 e. The predicted molar refractivity (Wildman–Crippen MR) is 119 cm³/mol. The molecule has 0 saturated heterocycles. The minimum absolute atomic E-state index is 0.0780. The number of likely N-dealkylation sites (N-methyl/N-ethyl adjacent to an activating group) is 1. The summed E-state index contributed by atoms with van der Waals surface area (Å²) >= 11 is 0. The second-order valence-corrected chi connectivity index (χ2v) is 10.9. The molecule has 4 atom stereocenters. The SMILES string of the molecule is C[C@@H]1CN([C@@H](C)CO)S(=O)(=O)c2ccc(C#C[C@@H](C)O)cc2O[C@@H]1CN(C)CC1CC1. The lowest BCUT2D eigenvalue weighted by atomic mass is 10.0. The van der Waals surface area contributed by atoms with Crippen LogP contribution in [-0.4, -0.2) is 79.4 Å².